The molecule has 0 atom stereocenters. The minimum atomic E-state index is -0.689. The summed E-state index contributed by atoms with van der Waals surface area (Å²) in [5.41, 5.74) is 2.44. The number of nitrogens with one attached hydrogen (secondary N) is 2. The summed E-state index contributed by atoms with van der Waals surface area (Å²) < 4.78 is 17.0. The van der Waals surface area contributed by atoms with E-state index in [1.165, 1.54) is 5.56 Å². The number of amides is 2. The molecule has 1 aromatic heterocycles. The average Bonchev–Trinajstić information content (AvgIpc) is 3.04. The average molecular weight is 636 g/mol. The molecule has 4 aliphatic rings. The number of carbonyl (C=O) groups is 3. The van der Waals surface area contributed by atoms with Crippen LogP contribution < -0.4 is 10.6 Å². The van der Waals surface area contributed by atoms with Gasteiger partial charge in [0.1, 0.15) is 5.60 Å². The summed E-state index contributed by atoms with van der Waals surface area (Å²) in [7, 11) is 0. The molecule has 2 bridgehead atoms. The zero-order valence-electron chi connectivity index (χ0n) is 27.9. The first-order valence-corrected chi connectivity index (χ1v) is 16.6. The summed E-state index contributed by atoms with van der Waals surface area (Å²) in [4.78, 5) is 47.3. The van der Waals surface area contributed by atoms with Crippen LogP contribution in [-0.4, -0.2) is 102 Å². The molecule has 1 saturated carbocycles. The summed E-state index contributed by atoms with van der Waals surface area (Å²) in [5.74, 6) is -0.450. The maximum Gasteiger partial charge on any atom is 0.412 e. The molecule has 6 rings (SSSR count). The summed E-state index contributed by atoms with van der Waals surface area (Å²) in [6.07, 6.45) is 5.74. The summed E-state index contributed by atoms with van der Waals surface area (Å²) in [6.45, 7) is 13.8. The third kappa shape index (κ3) is 8.24. The van der Waals surface area contributed by atoms with Gasteiger partial charge in [-0.2, -0.15) is 0 Å². The van der Waals surface area contributed by atoms with Crippen LogP contribution >= 0.6 is 0 Å². The first-order chi connectivity index (χ1) is 21.9. The van der Waals surface area contributed by atoms with Gasteiger partial charge < -0.3 is 19.1 Å². The number of carbonyl (C=O) groups excluding carboxylic acids is 3. The highest BCUT2D eigenvalue weighted by Crippen LogP contribution is 2.44. The van der Waals surface area contributed by atoms with E-state index in [4.69, 9.17) is 14.2 Å². The number of piperazine rings is 1. The fourth-order valence-electron chi connectivity index (χ4n) is 6.61. The number of esters is 1. The zero-order chi connectivity index (χ0) is 33.0. The van der Waals surface area contributed by atoms with Crippen molar-refractivity contribution in [1.82, 2.24) is 20.1 Å². The van der Waals surface area contributed by atoms with Crippen molar-refractivity contribution in [2.75, 3.05) is 57.8 Å². The number of hydrogen-bond donors (Lipinski definition) is 2. The number of fused-ring (bicyclic) bond motifs is 3. The molecule has 3 saturated heterocycles. The lowest BCUT2D eigenvalue weighted by Gasteiger charge is -2.55. The highest BCUT2D eigenvalue weighted by molar-refractivity contribution is 6.01. The molecule has 4 heterocycles. The van der Waals surface area contributed by atoms with Gasteiger partial charge in [0.25, 0.3) is 5.91 Å². The van der Waals surface area contributed by atoms with E-state index in [0.717, 1.165) is 62.9 Å². The molecular weight excluding hydrogens is 586 g/mol. The van der Waals surface area contributed by atoms with Gasteiger partial charge in [0.2, 0.25) is 0 Å². The van der Waals surface area contributed by atoms with Crippen LogP contribution in [0.4, 0.5) is 10.5 Å². The number of benzene rings is 1. The predicted molar refractivity (Wildman–Crippen MR) is 176 cm³/mol. The number of nitrogens with zero attached hydrogens (tertiary/aromatic N) is 3. The number of rotatable bonds is 10. The van der Waals surface area contributed by atoms with Gasteiger partial charge in [-0.05, 0) is 77.0 Å². The van der Waals surface area contributed by atoms with Crippen molar-refractivity contribution >= 4 is 23.7 Å². The largest absolute Gasteiger partial charge is 0.465 e. The Morgan fingerprint density at radius 1 is 1.00 bits per heavy atom. The van der Waals surface area contributed by atoms with Crippen LogP contribution in [0.3, 0.4) is 0 Å². The Kier molecular flexibility index (Phi) is 10.3. The van der Waals surface area contributed by atoms with Crippen molar-refractivity contribution in [1.29, 1.82) is 0 Å². The van der Waals surface area contributed by atoms with Crippen LogP contribution in [-0.2, 0) is 25.4 Å². The lowest BCUT2D eigenvalue weighted by Crippen LogP contribution is -2.65. The summed E-state index contributed by atoms with van der Waals surface area (Å²) in [6, 6.07) is 9.96. The second-order valence-corrected chi connectivity index (χ2v) is 13.8. The van der Waals surface area contributed by atoms with Gasteiger partial charge in [0.15, 0.2) is 5.69 Å². The smallest absolute Gasteiger partial charge is 0.412 e. The Morgan fingerprint density at radius 3 is 2.37 bits per heavy atom. The van der Waals surface area contributed by atoms with Crippen molar-refractivity contribution in [3.8, 4) is 11.1 Å². The van der Waals surface area contributed by atoms with E-state index in [2.05, 4.69) is 39.6 Å². The molecule has 250 valence electrons. The van der Waals surface area contributed by atoms with Gasteiger partial charge in [-0.1, -0.05) is 31.2 Å². The highest BCUT2D eigenvalue weighted by Gasteiger charge is 2.50. The van der Waals surface area contributed by atoms with E-state index < -0.39 is 11.7 Å². The van der Waals surface area contributed by atoms with E-state index in [0.29, 0.717) is 32.0 Å². The van der Waals surface area contributed by atoms with Gasteiger partial charge in [0.05, 0.1) is 31.0 Å². The predicted octanol–water partition coefficient (Wildman–Crippen LogP) is 4.65. The van der Waals surface area contributed by atoms with Crippen LogP contribution in [0.2, 0.25) is 0 Å². The van der Waals surface area contributed by atoms with Crippen molar-refractivity contribution in [3.05, 3.63) is 47.8 Å². The monoisotopic (exact) mass is 635 g/mol. The van der Waals surface area contributed by atoms with Gasteiger partial charge >= 0.3 is 12.1 Å². The maximum atomic E-state index is 13.8. The highest BCUT2D eigenvalue weighted by atomic mass is 16.6. The Balaban J connectivity index is 1.22. The topological polar surface area (TPSA) is 122 Å². The molecule has 11 nitrogen and oxygen atoms in total. The van der Waals surface area contributed by atoms with Crippen molar-refractivity contribution < 1.29 is 28.6 Å². The van der Waals surface area contributed by atoms with Gasteiger partial charge in [-0.3, -0.25) is 25.1 Å². The first kappa shape index (κ1) is 33.8. The fraction of sp³-hybridized carbons (Fsp3) is 0.600. The molecule has 3 aliphatic heterocycles. The number of ether oxygens (including phenoxy) is 3. The molecule has 1 aliphatic carbocycles. The number of aryl methyl sites for hydroxylation is 1. The molecule has 2 amide bonds. The lowest BCUT2D eigenvalue weighted by molar-refractivity contribution is -0.174. The summed E-state index contributed by atoms with van der Waals surface area (Å²) in [5, 5.41) is 6.21. The van der Waals surface area contributed by atoms with Gasteiger partial charge in [-0.15, -0.1) is 0 Å². The first-order valence-electron chi connectivity index (χ1n) is 16.6. The minimum absolute atomic E-state index is 0.161. The molecule has 2 N–H and O–H groups in total. The Morgan fingerprint density at radius 2 is 1.74 bits per heavy atom. The third-order valence-electron chi connectivity index (χ3n) is 9.25. The van der Waals surface area contributed by atoms with Crippen LogP contribution in [0.5, 0.6) is 0 Å². The molecule has 11 heteroatoms. The Hall–Kier alpha value is -3.54. The van der Waals surface area contributed by atoms with E-state index in [1.807, 2.05) is 19.1 Å². The van der Waals surface area contributed by atoms with Crippen molar-refractivity contribution in [3.63, 3.8) is 0 Å². The summed E-state index contributed by atoms with van der Waals surface area (Å²) >= 11 is 0. The molecule has 1 aromatic carbocycles. The third-order valence-corrected chi connectivity index (χ3v) is 9.25. The van der Waals surface area contributed by atoms with Crippen LogP contribution in [0, 0.1) is 0 Å². The molecule has 4 fully saturated rings. The van der Waals surface area contributed by atoms with E-state index >= 15 is 0 Å². The van der Waals surface area contributed by atoms with Crippen LogP contribution in [0.25, 0.3) is 11.1 Å². The molecule has 2 aromatic rings. The normalized spacial score (nSPS) is 23.2. The molecule has 0 spiro atoms. The quantitative estimate of drug-likeness (QED) is 0.359. The molecular formula is C35H49N5O6. The lowest BCUT2D eigenvalue weighted by atomic mass is 9.71. The molecule has 0 unspecified atom stereocenters. The molecule has 46 heavy (non-hydrogen) atoms. The standard InChI is InChI=1S/C35H49N5O6/c1-6-25-9-8-10-26(19-25)27-20-28(38-32(43)46-33(3,4)5)30(36-21-27)31(42)40-17-15-39(16-18-40)23-35-13-11-34(12-14-35,24-45-35)37-22-29(41)44-7-2/h8-10,19-21,37H,6-7,11-18,22-24H2,1-5H3,(H,38,43). The number of pyridine rings is 1. The number of hydrogen-bond acceptors (Lipinski definition) is 9. The van der Waals surface area contributed by atoms with Crippen molar-refractivity contribution in [2.24, 2.45) is 0 Å². The second-order valence-electron chi connectivity index (χ2n) is 13.8. The Bertz CT molecular complexity index is 1390. The second kappa shape index (κ2) is 14.1. The zero-order valence-corrected chi connectivity index (χ0v) is 27.9. The Labute approximate surface area is 272 Å². The minimum Gasteiger partial charge on any atom is -0.465 e. The van der Waals surface area contributed by atoms with E-state index in [-0.39, 0.29) is 35.3 Å². The van der Waals surface area contributed by atoms with Gasteiger partial charge in [0, 0.05) is 50.0 Å². The van der Waals surface area contributed by atoms with E-state index in [1.54, 1.807) is 37.9 Å². The van der Waals surface area contributed by atoms with Crippen molar-refractivity contribution in [2.45, 2.75) is 83.5 Å². The van der Waals surface area contributed by atoms with Crippen LogP contribution in [0.1, 0.15) is 76.4 Å². The fourth-order valence-corrected chi connectivity index (χ4v) is 6.61. The molecule has 0 radical (unpaired) electrons. The van der Waals surface area contributed by atoms with Gasteiger partial charge in [-0.25, -0.2) is 9.78 Å². The SMILES string of the molecule is CCOC(=O)CNC12CCC(CN3CCN(C(=O)c4ncc(-c5cccc(CC)c5)cc4NC(=O)OC(C)(C)C)CC3)(CC1)OC2. The number of aromatic nitrogens is 1. The number of anilines is 1. The maximum absolute atomic E-state index is 13.8. The van der Waals surface area contributed by atoms with E-state index in [9.17, 15) is 14.4 Å². The van der Waals surface area contributed by atoms with Crippen LogP contribution in [0.15, 0.2) is 36.5 Å².